The van der Waals surface area contributed by atoms with Gasteiger partial charge in [0.05, 0.1) is 16.6 Å². The molecule has 1 aliphatic rings. The molecule has 3 rings (SSSR count). The number of ketones is 1. The number of aromatic nitrogens is 2. The second-order valence-electron chi connectivity index (χ2n) is 4.54. The number of carbonyl (C=O) groups is 1. The number of nitrogens with zero attached hydrogens (tertiary/aromatic N) is 3. The Labute approximate surface area is 102 Å². The van der Waals surface area contributed by atoms with Crippen LogP contribution < -0.4 is 0 Å². The highest BCUT2D eigenvalue weighted by Gasteiger charge is 2.29. The molecule has 1 saturated carbocycles. The number of hydrogen-bond donors (Lipinski definition) is 0. The lowest BCUT2D eigenvalue weighted by Gasteiger charge is -2.01. The molecule has 1 aromatic heterocycles. The summed E-state index contributed by atoms with van der Waals surface area (Å²) in [5, 5.41) is 15.7. The third-order valence-corrected chi connectivity index (χ3v) is 3.18. The molecule has 0 bridgehead atoms. The maximum atomic E-state index is 11.7. The summed E-state index contributed by atoms with van der Waals surface area (Å²) >= 11 is 0. The van der Waals surface area contributed by atoms with Crippen LogP contribution in [0, 0.1) is 16.0 Å². The van der Waals surface area contributed by atoms with Gasteiger partial charge in [0.1, 0.15) is 6.54 Å². The minimum Gasteiger partial charge on any atom is -0.297 e. The molecule has 2 aromatic rings. The molecule has 0 unspecified atom stereocenters. The summed E-state index contributed by atoms with van der Waals surface area (Å²) < 4.78 is 1.54. The van der Waals surface area contributed by atoms with Crippen LogP contribution >= 0.6 is 0 Å². The number of hydrogen-bond acceptors (Lipinski definition) is 4. The molecule has 6 heteroatoms. The number of nitro groups is 1. The Morgan fingerprint density at radius 2 is 2.28 bits per heavy atom. The number of non-ortho nitro benzene ring substituents is 1. The van der Waals surface area contributed by atoms with Crippen LogP contribution in [0.1, 0.15) is 12.8 Å². The quantitative estimate of drug-likeness (QED) is 0.609. The highest BCUT2D eigenvalue weighted by Crippen LogP contribution is 2.30. The molecule has 1 heterocycles. The van der Waals surface area contributed by atoms with Crippen molar-refractivity contribution in [2.75, 3.05) is 0 Å². The van der Waals surface area contributed by atoms with Crippen molar-refractivity contribution in [2.24, 2.45) is 5.92 Å². The Kier molecular flexibility index (Phi) is 2.36. The normalized spacial score (nSPS) is 14.9. The Hall–Kier alpha value is -2.24. The zero-order valence-corrected chi connectivity index (χ0v) is 9.57. The number of benzene rings is 1. The van der Waals surface area contributed by atoms with Crippen LogP contribution in [0.25, 0.3) is 10.9 Å². The molecule has 92 valence electrons. The first-order valence-electron chi connectivity index (χ1n) is 5.78. The fraction of sp³-hybridized carbons (Fsp3) is 0.333. The first-order chi connectivity index (χ1) is 8.65. The zero-order chi connectivity index (χ0) is 12.7. The molecular weight excluding hydrogens is 234 g/mol. The van der Waals surface area contributed by atoms with Crippen LogP contribution in [0.2, 0.25) is 0 Å². The Morgan fingerprint density at radius 1 is 1.50 bits per heavy atom. The van der Waals surface area contributed by atoms with E-state index in [9.17, 15) is 14.9 Å². The van der Waals surface area contributed by atoms with Crippen molar-refractivity contribution >= 4 is 22.4 Å². The van der Waals surface area contributed by atoms with Gasteiger partial charge in [-0.2, -0.15) is 5.10 Å². The van der Waals surface area contributed by atoms with Crippen molar-refractivity contribution in [2.45, 2.75) is 19.4 Å². The van der Waals surface area contributed by atoms with E-state index >= 15 is 0 Å². The van der Waals surface area contributed by atoms with Gasteiger partial charge in [0.15, 0.2) is 5.78 Å². The average molecular weight is 245 g/mol. The van der Waals surface area contributed by atoms with E-state index < -0.39 is 4.92 Å². The lowest BCUT2D eigenvalue weighted by Crippen LogP contribution is -2.12. The maximum absolute atomic E-state index is 11.7. The van der Waals surface area contributed by atoms with Gasteiger partial charge in [-0.3, -0.25) is 19.6 Å². The summed E-state index contributed by atoms with van der Waals surface area (Å²) in [6, 6.07) is 4.55. The Bertz CT molecular complexity index is 643. The van der Waals surface area contributed by atoms with Crippen LogP contribution in [0.15, 0.2) is 24.4 Å². The van der Waals surface area contributed by atoms with Crippen molar-refractivity contribution in [1.29, 1.82) is 0 Å². The van der Waals surface area contributed by atoms with Crippen molar-refractivity contribution < 1.29 is 9.72 Å². The summed E-state index contributed by atoms with van der Waals surface area (Å²) in [6.45, 7) is 0.204. The third kappa shape index (κ3) is 1.85. The molecular formula is C12H11N3O3. The summed E-state index contributed by atoms with van der Waals surface area (Å²) in [6.07, 6.45) is 3.54. The van der Waals surface area contributed by atoms with Crippen molar-refractivity contribution in [3.63, 3.8) is 0 Å². The van der Waals surface area contributed by atoms with Crippen molar-refractivity contribution in [3.8, 4) is 0 Å². The number of rotatable bonds is 4. The topological polar surface area (TPSA) is 78.0 Å². The van der Waals surface area contributed by atoms with E-state index in [1.54, 1.807) is 16.9 Å². The smallest absolute Gasteiger partial charge is 0.271 e. The third-order valence-electron chi connectivity index (χ3n) is 3.18. The fourth-order valence-electron chi connectivity index (χ4n) is 1.98. The standard InChI is InChI=1S/C12H11N3O3/c16-12(8-1-2-8)7-14-11-5-10(15(17)18)4-3-9(11)6-13-14/h3-6,8H,1-2,7H2. The van der Waals surface area contributed by atoms with Crippen molar-refractivity contribution in [3.05, 3.63) is 34.5 Å². The molecule has 1 aromatic carbocycles. The van der Waals surface area contributed by atoms with E-state index in [2.05, 4.69) is 5.10 Å². The van der Waals surface area contributed by atoms with Crippen LogP contribution in [-0.2, 0) is 11.3 Å². The fourth-order valence-corrected chi connectivity index (χ4v) is 1.98. The van der Waals surface area contributed by atoms with Gasteiger partial charge in [0.25, 0.3) is 5.69 Å². The van der Waals surface area contributed by atoms with Gasteiger partial charge in [0, 0.05) is 23.4 Å². The molecule has 1 fully saturated rings. The summed E-state index contributed by atoms with van der Waals surface area (Å²) in [4.78, 5) is 22.0. The Morgan fingerprint density at radius 3 is 2.94 bits per heavy atom. The molecule has 6 nitrogen and oxygen atoms in total. The molecule has 0 amide bonds. The first kappa shape index (κ1) is 10.9. The van der Waals surface area contributed by atoms with E-state index in [0.29, 0.717) is 5.52 Å². The van der Waals surface area contributed by atoms with Gasteiger partial charge >= 0.3 is 0 Å². The lowest BCUT2D eigenvalue weighted by atomic mass is 10.2. The summed E-state index contributed by atoms with van der Waals surface area (Å²) in [5.74, 6) is 0.328. The number of Topliss-reactive ketones (excluding diaryl/α,β-unsaturated/α-hetero) is 1. The predicted molar refractivity (Wildman–Crippen MR) is 64.1 cm³/mol. The predicted octanol–water partition coefficient (Wildman–Crippen LogP) is 1.92. The molecule has 0 atom stereocenters. The van der Waals surface area contributed by atoms with Crippen LogP contribution in [-0.4, -0.2) is 20.5 Å². The lowest BCUT2D eigenvalue weighted by molar-refractivity contribution is -0.384. The Balaban J connectivity index is 1.97. The second kappa shape index (κ2) is 3.90. The van der Waals surface area contributed by atoms with E-state index in [1.807, 2.05) is 0 Å². The highest BCUT2D eigenvalue weighted by atomic mass is 16.6. The van der Waals surface area contributed by atoms with Crippen LogP contribution in [0.4, 0.5) is 5.69 Å². The van der Waals surface area contributed by atoms with Crippen molar-refractivity contribution in [1.82, 2.24) is 9.78 Å². The van der Waals surface area contributed by atoms with Gasteiger partial charge in [-0.25, -0.2) is 0 Å². The van der Waals surface area contributed by atoms with E-state index in [4.69, 9.17) is 0 Å². The second-order valence-corrected chi connectivity index (χ2v) is 4.54. The van der Waals surface area contributed by atoms with Gasteiger partial charge in [-0.05, 0) is 18.9 Å². The van der Waals surface area contributed by atoms with Gasteiger partial charge in [-0.1, -0.05) is 0 Å². The van der Waals surface area contributed by atoms with E-state index in [-0.39, 0.29) is 23.9 Å². The van der Waals surface area contributed by atoms with Crippen LogP contribution in [0.5, 0.6) is 0 Å². The number of nitro benzene ring substituents is 1. The van der Waals surface area contributed by atoms with Gasteiger partial charge in [0.2, 0.25) is 0 Å². The molecule has 0 aliphatic heterocycles. The molecule has 0 spiro atoms. The molecule has 0 saturated heterocycles. The monoisotopic (exact) mass is 245 g/mol. The van der Waals surface area contributed by atoms with E-state index in [0.717, 1.165) is 18.2 Å². The summed E-state index contributed by atoms with van der Waals surface area (Å²) in [5.41, 5.74) is 0.654. The molecule has 0 radical (unpaired) electrons. The molecule has 0 N–H and O–H groups in total. The first-order valence-corrected chi connectivity index (χ1v) is 5.78. The summed E-state index contributed by atoms with van der Waals surface area (Å²) in [7, 11) is 0. The molecule has 1 aliphatic carbocycles. The average Bonchev–Trinajstić information content (AvgIpc) is 3.13. The highest BCUT2D eigenvalue weighted by molar-refractivity contribution is 5.86. The minimum absolute atomic E-state index is 0.0168. The maximum Gasteiger partial charge on any atom is 0.271 e. The van der Waals surface area contributed by atoms with Gasteiger partial charge < -0.3 is 0 Å². The van der Waals surface area contributed by atoms with Gasteiger partial charge in [-0.15, -0.1) is 0 Å². The van der Waals surface area contributed by atoms with E-state index in [1.165, 1.54) is 12.1 Å². The molecule has 18 heavy (non-hydrogen) atoms. The number of fused-ring (bicyclic) bond motifs is 1. The largest absolute Gasteiger partial charge is 0.297 e. The SMILES string of the molecule is O=C(Cn1ncc2ccc([N+](=O)[O-])cc21)C1CC1. The minimum atomic E-state index is -0.445. The zero-order valence-electron chi connectivity index (χ0n) is 9.57. The number of carbonyl (C=O) groups excluding carboxylic acids is 1. The van der Waals surface area contributed by atoms with Crippen LogP contribution in [0.3, 0.4) is 0 Å².